The van der Waals surface area contributed by atoms with Gasteiger partial charge in [-0.05, 0) is 127 Å². The molecule has 0 aliphatic heterocycles. The van der Waals surface area contributed by atoms with Crippen molar-refractivity contribution in [2.75, 3.05) is 13.2 Å². The van der Waals surface area contributed by atoms with Crippen LogP contribution in [0.2, 0.25) is 0 Å². The van der Waals surface area contributed by atoms with Crippen LogP contribution in [0.25, 0.3) is 0 Å². The van der Waals surface area contributed by atoms with E-state index < -0.39 is 0 Å². The molecule has 0 heterocycles. The Bertz CT molecular complexity index is 788. The molecule has 1 heteroatoms. The number of rotatable bonds is 28. The van der Waals surface area contributed by atoms with Crippen molar-refractivity contribution in [1.82, 2.24) is 0 Å². The molecule has 0 N–H and O–H groups in total. The van der Waals surface area contributed by atoms with Gasteiger partial charge in [-0.2, -0.15) is 0 Å². The van der Waals surface area contributed by atoms with Gasteiger partial charge in [-0.15, -0.1) is 0 Å². The van der Waals surface area contributed by atoms with E-state index in [1.165, 1.54) is 109 Å². The fourth-order valence-corrected chi connectivity index (χ4v) is 9.36. The number of hydrogen-bond donors (Lipinski definition) is 0. The first-order valence-electron chi connectivity index (χ1n) is 26.2. The molecule has 0 saturated carbocycles. The van der Waals surface area contributed by atoms with Gasteiger partial charge in [0.15, 0.2) is 0 Å². The summed E-state index contributed by atoms with van der Waals surface area (Å²) in [7, 11) is 0. The molecule has 0 aromatic rings. The Morgan fingerprint density at radius 3 is 1.24 bits per heavy atom. The summed E-state index contributed by atoms with van der Waals surface area (Å²) in [4.78, 5) is 0. The lowest BCUT2D eigenvalue weighted by Crippen LogP contribution is -2.23. The fourth-order valence-electron chi connectivity index (χ4n) is 9.36. The van der Waals surface area contributed by atoms with Crippen LogP contribution in [0.4, 0.5) is 0 Å². The van der Waals surface area contributed by atoms with Gasteiger partial charge < -0.3 is 4.74 Å². The lowest BCUT2D eigenvalue weighted by atomic mass is 9.72. The molecule has 0 spiro atoms. The topological polar surface area (TPSA) is 9.23 Å². The zero-order chi connectivity index (χ0) is 46.1. The van der Waals surface area contributed by atoms with Crippen molar-refractivity contribution in [3.63, 3.8) is 0 Å². The molecule has 0 aromatic heterocycles. The summed E-state index contributed by atoms with van der Waals surface area (Å²) in [6, 6.07) is 0. The molecule has 0 radical (unpaired) electrons. The van der Waals surface area contributed by atoms with Crippen LogP contribution in [0.1, 0.15) is 283 Å². The molecule has 6 atom stereocenters. The van der Waals surface area contributed by atoms with E-state index in [0.29, 0.717) is 16.7 Å². The lowest BCUT2D eigenvalue weighted by Gasteiger charge is -2.33. The zero-order valence-electron chi connectivity index (χ0n) is 45.8. The molecular weight excluding hydrogens is 713 g/mol. The molecule has 364 valence electrons. The fraction of sp³-hybridized carbons (Fsp3) is 1.00. The van der Waals surface area contributed by atoms with Crippen molar-refractivity contribution in [1.29, 1.82) is 0 Å². The van der Waals surface area contributed by atoms with Gasteiger partial charge in [-0.25, -0.2) is 0 Å². The first-order valence-corrected chi connectivity index (χ1v) is 26.2. The second-order valence-electron chi connectivity index (χ2n) is 24.8. The van der Waals surface area contributed by atoms with Crippen LogP contribution in [0.3, 0.4) is 0 Å². The third kappa shape index (κ3) is 55.9. The van der Waals surface area contributed by atoms with Crippen LogP contribution < -0.4 is 0 Å². The van der Waals surface area contributed by atoms with E-state index in [4.69, 9.17) is 4.74 Å². The van der Waals surface area contributed by atoms with Crippen molar-refractivity contribution in [2.45, 2.75) is 283 Å². The van der Waals surface area contributed by atoms with E-state index in [-0.39, 0.29) is 7.43 Å². The maximum Gasteiger partial charge on any atom is 0.0488 e. The summed E-state index contributed by atoms with van der Waals surface area (Å²) in [5, 5.41) is 0. The highest BCUT2D eigenvalue weighted by Crippen LogP contribution is 2.37. The van der Waals surface area contributed by atoms with Crippen molar-refractivity contribution in [3.8, 4) is 0 Å². The van der Waals surface area contributed by atoms with E-state index in [1.54, 1.807) is 0 Å². The number of ether oxygens (including phenoxy) is 1. The first-order chi connectivity index (χ1) is 26.6. The van der Waals surface area contributed by atoms with Crippen LogP contribution in [0, 0.1) is 81.8 Å². The first kappa shape index (κ1) is 68.0. The molecule has 0 bridgehead atoms. The maximum atomic E-state index is 5.45. The summed E-state index contributed by atoms with van der Waals surface area (Å²) in [6.07, 6.45) is 23.6. The minimum atomic E-state index is 0. The molecule has 0 aromatic carbocycles. The standard InChI is InChI=1S/2C20H42.C10H22O.C7H16.CH4/c1-15(2)18(17(4)14-20(8,9)10)12-11-16(3)13-19(5,6)7;1-7-11-18(5)13-9-10-14-20(17(3)4)16-15-19(6)12-8-2;1-9(2)6-5-7-11-8-10(3)4;1-6(2)5-7(3)4;/h15-18H,11-14H2,1-10H3;17-20H,7-16H2,1-6H3;9-10H,5-8H2,1-4H3;6-7H,5H2,1-4H3;1H4. The summed E-state index contributed by atoms with van der Waals surface area (Å²) >= 11 is 0. The Hall–Kier alpha value is -0.0400. The highest BCUT2D eigenvalue weighted by molar-refractivity contribution is 4.77. The van der Waals surface area contributed by atoms with Crippen LogP contribution in [-0.4, -0.2) is 13.2 Å². The SMILES string of the molecule is C.CC(C)CC(C)C.CC(C)CCCOCC(C)C.CC(CCC(C(C)C)C(C)CC(C)(C)C)CC(C)(C)C.CCCC(C)CCCCC(CCC(C)CCC)C(C)C. The molecule has 0 aliphatic rings. The van der Waals surface area contributed by atoms with Gasteiger partial charge >= 0.3 is 0 Å². The largest absolute Gasteiger partial charge is 0.381 e. The maximum absolute atomic E-state index is 5.45. The van der Waals surface area contributed by atoms with Crippen LogP contribution in [0.5, 0.6) is 0 Å². The van der Waals surface area contributed by atoms with Gasteiger partial charge in [0.25, 0.3) is 0 Å². The average Bonchev–Trinajstić information content (AvgIpc) is 3.02. The molecule has 0 rings (SSSR count). The molecule has 0 fully saturated rings. The summed E-state index contributed by atoms with van der Waals surface area (Å²) in [5.41, 5.74) is 0.938. The second kappa shape index (κ2) is 40.7. The van der Waals surface area contributed by atoms with E-state index in [9.17, 15) is 0 Å². The Morgan fingerprint density at radius 2 is 0.864 bits per heavy atom. The Balaban J connectivity index is -0.000000234. The van der Waals surface area contributed by atoms with E-state index >= 15 is 0 Å². The third-order valence-corrected chi connectivity index (χ3v) is 12.0. The average molecular weight is 840 g/mol. The molecular formula is C58H126O. The zero-order valence-corrected chi connectivity index (χ0v) is 45.8. The second-order valence-corrected chi connectivity index (χ2v) is 24.8. The molecule has 1 nitrogen and oxygen atoms in total. The normalized spacial score (nSPS) is 15.2. The van der Waals surface area contributed by atoms with E-state index in [2.05, 4.69) is 166 Å². The van der Waals surface area contributed by atoms with Crippen LogP contribution >= 0.6 is 0 Å². The Kier molecular flexibility index (Phi) is 46.9. The lowest BCUT2D eigenvalue weighted by molar-refractivity contribution is 0.105. The minimum absolute atomic E-state index is 0. The minimum Gasteiger partial charge on any atom is -0.381 e. The van der Waals surface area contributed by atoms with Gasteiger partial charge in [0.2, 0.25) is 0 Å². The van der Waals surface area contributed by atoms with Crippen molar-refractivity contribution in [2.24, 2.45) is 81.8 Å². The molecule has 0 saturated heterocycles. The predicted molar refractivity (Wildman–Crippen MR) is 279 cm³/mol. The molecule has 0 aliphatic carbocycles. The predicted octanol–water partition coefficient (Wildman–Crippen LogP) is 21.1. The molecule has 6 unspecified atom stereocenters. The smallest absolute Gasteiger partial charge is 0.0488 e. The summed E-state index contributed by atoms with van der Waals surface area (Å²) in [6.45, 7) is 58.1. The van der Waals surface area contributed by atoms with Crippen molar-refractivity contribution in [3.05, 3.63) is 0 Å². The highest BCUT2D eigenvalue weighted by atomic mass is 16.5. The molecule has 0 amide bonds. The quantitative estimate of drug-likeness (QED) is 0.0713. The third-order valence-electron chi connectivity index (χ3n) is 12.0. The monoisotopic (exact) mass is 839 g/mol. The van der Waals surface area contributed by atoms with Gasteiger partial charge in [0, 0.05) is 13.2 Å². The van der Waals surface area contributed by atoms with Gasteiger partial charge in [0.05, 0.1) is 0 Å². The summed E-state index contributed by atoms with van der Waals surface area (Å²) in [5.74, 6) is 10.4. The van der Waals surface area contributed by atoms with Gasteiger partial charge in [-0.1, -0.05) is 238 Å². The van der Waals surface area contributed by atoms with Gasteiger partial charge in [0.1, 0.15) is 0 Å². The highest BCUT2D eigenvalue weighted by Gasteiger charge is 2.26. The van der Waals surface area contributed by atoms with Gasteiger partial charge in [-0.3, -0.25) is 0 Å². The molecule has 59 heavy (non-hydrogen) atoms. The summed E-state index contributed by atoms with van der Waals surface area (Å²) < 4.78 is 5.45. The van der Waals surface area contributed by atoms with Crippen LogP contribution in [0.15, 0.2) is 0 Å². The number of hydrogen-bond acceptors (Lipinski definition) is 1. The Labute approximate surface area is 381 Å². The number of unbranched alkanes of at least 4 members (excludes halogenated alkanes) is 1. The Morgan fingerprint density at radius 1 is 0.407 bits per heavy atom. The van der Waals surface area contributed by atoms with Crippen molar-refractivity contribution >= 4 is 0 Å². The van der Waals surface area contributed by atoms with E-state index in [1.807, 2.05) is 0 Å². The van der Waals surface area contributed by atoms with Crippen molar-refractivity contribution < 1.29 is 4.74 Å². The van der Waals surface area contributed by atoms with Crippen LogP contribution in [-0.2, 0) is 4.74 Å². The van der Waals surface area contributed by atoms with E-state index in [0.717, 1.165) is 78.3 Å².